The highest BCUT2D eigenvalue weighted by Crippen LogP contribution is 2.14. The van der Waals surface area contributed by atoms with E-state index in [-0.39, 0.29) is 6.61 Å². The van der Waals surface area contributed by atoms with Crippen molar-refractivity contribution in [3.63, 3.8) is 0 Å². The quantitative estimate of drug-likeness (QED) is 0.641. The third-order valence-electron chi connectivity index (χ3n) is 4.67. The van der Waals surface area contributed by atoms with Crippen molar-refractivity contribution < 1.29 is 9.84 Å². The lowest BCUT2D eigenvalue weighted by atomic mass is 10.1. The predicted molar refractivity (Wildman–Crippen MR) is 102 cm³/mol. The Kier molecular flexibility index (Phi) is 4.01. The molecule has 0 spiro atoms. The summed E-state index contributed by atoms with van der Waals surface area (Å²) in [5.74, 6) is 0.739. The van der Waals surface area contributed by atoms with Gasteiger partial charge in [-0.2, -0.15) is 0 Å². The van der Waals surface area contributed by atoms with Crippen molar-refractivity contribution in [3.8, 4) is 5.75 Å². The van der Waals surface area contributed by atoms with Crippen LogP contribution in [0.25, 0.3) is 17.3 Å². The molecule has 3 aromatic rings. The lowest BCUT2D eigenvalue weighted by molar-refractivity contribution is 0.351. The zero-order valence-corrected chi connectivity index (χ0v) is 15.1. The third-order valence-corrected chi connectivity index (χ3v) is 4.67. The number of aromatic nitrogens is 2. The van der Waals surface area contributed by atoms with Crippen molar-refractivity contribution in [1.29, 1.82) is 0 Å². The standard InChI is InChI=1S/C21H21N3O2/c1-12-8-13(2)22-17(12)9-18-20(26-3)10-19(23-18)21-15(11-25)14-6-4-5-7-16(14)24-21/h4-10,22-23,25H,11H2,1-3H3/b18-9?,21-19-. The van der Waals surface area contributed by atoms with Crippen LogP contribution in [0.2, 0.25) is 0 Å². The summed E-state index contributed by atoms with van der Waals surface area (Å²) in [4.78, 5) is 11.4. The van der Waals surface area contributed by atoms with Gasteiger partial charge in [-0.05, 0) is 37.6 Å². The van der Waals surface area contributed by atoms with Crippen molar-refractivity contribution in [1.82, 2.24) is 9.97 Å². The van der Waals surface area contributed by atoms with Crippen molar-refractivity contribution >= 4 is 17.3 Å². The van der Waals surface area contributed by atoms with Crippen molar-refractivity contribution in [2.24, 2.45) is 4.99 Å². The van der Waals surface area contributed by atoms with E-state index < -0.39 is 0 Å². The van der Waals surface area contributed by atoms with Crippen molar-refractivity contribution in [2.45, 2.75) is 13.8 Å². The molecule has 0 atom stereocenters. The molecule has 2 aromatic heterocycles. The summed E-state index contributed by atoms with van der Waals surface area (Å²) in [5.41, 5.74) is 4.91. The number of aliphatic hydroxyl groups excluding tert-OH is 1. The molecular weight excluding hydrogens is 326 g/mol. The van der Waals surface area contributed by atoms with Gasteiger partial charge >= 0.3 is 0 Å². The number of aromatic amines is 2. The molecule has 0 saturated heterocycles. The number of benzene rings is 1. The average Bonchev–Trinajstić information content (AvgIpc) is 3.29. The molecule has 0 aliphatic carbocycles. The minimum Gasteiger partial charge on any atom is -0.494 e. The summed E-state index contributed by atoms with van der Waals surface area (Å²) in [6.07, 6.45) is 2.03. The summed E-state index contributed by atoms with van der Waals surface area (Å²) >= 11 is 0. The van der Waals surface area contributed by atoms with E-state index in [0.29, 0.717) is 0 Å². The lowest BCUT2D eigenvalue weighted by Crippen LogP contribution is -2.23. The van der Waals surface area contributed by atoms with E-state index in [1.54, 1.807) is 7.11 Å². The highest BCUT2D eigenvalue weighted by molar-refractivity contribution is 5.89. The second-order valence-corrected chi connectivity index (χ2v) is 6.47. The Morgan fingerprint density at radius 2 is 1.96 bits per heavy atom. The number of para-hydroxylation sites is 1. The van der Waals surface area contributed by atoms with Gasteiger partial charge in [0.2, 0.25) is 0 Å². The largest absolute Gasteiger partial charge is 0.494 e. The van der Waals surface area contributed by atoms with E-state index in [1.807, 2.05) is 43.3 Å². The van der Waals surface area contributed by atoms with Crippen molar-refractivity contribution in [3.05, 3.63) is 74.6 Å². The van der Waals surface area contributed by atoms with Gasteiger partial charge in [-0.15, -0.1) is 0 Å². The topological polar surface area (TPSA) is 73.4 Å². The fourth-order valence-electron chi connectivity index (χ4n) is 3.42. The third kappa shape index (κ3) is 2.66. The highest BCUT2D eigenvalue weighted by Gasteiger charge is 2.14. The summed E-state index contributed by atoms with van der Waals surface area (Å²) < 4.78 is 5.55. The molecular formula is C21H21N3O2. The minimum absolute atomic E-state index is 0.0643. The second-order valence-electron chi connectivity index (χ2n) is 6.47. The first kappa shape index (κ1) is 16.4. The van der Waals surface area contributed by atoms with Gasteiger partial charge in [-0.1, -0.05) is 18.2 Å². The number of methoxy groups -OCH3 is 1. The van der Waals surface area contributed by atoms with Gasteiger partial charge in [0.1, 0.15) is 5.75 Å². The number of ether oxygens (including phenoxy) is 1. The fourth-order valence-corrected chi connectivity index (χ4v) is 3.42. The smallest absolute Gasteiger partial charge is 0.144 e. The van der Waals surface area contributed by atoms with Gasteiger partial charge in [0.25, 0.3) is 0 Å². The van der Waals surface area contributed by atoms with E-state index in [9.17, 15) is 5.11 Å². The summed E-state index contributed by atoms with van der Waals surface area (Å²) in [6, 6.07) is 11.9. The highest BCUT2D eigenvalue weighted by atomic mass is 16.5. The maximum absolute atomic E-state index is 9.88. The van der Waals surface area contributed by atoms with Crippen LogP contribution in [0.5, 0.6) is 5.75 Å². The first-order chi connectivity index (χ1) is 12.6. The van der Waals surface area contributed by atoms with Gasteiger partial charge in [0.05, 0.1) is 35.5 Å². The number of fused-ring (bicyclic) bond motifs is 1. The molecule has 5 heteroatoms. The van der Waals surface area contributed by atoms with Crippen LogP contribution in [-0.2, 0) is 0 Å². The van der Waals surface area contributed by atoms with Crippen LogP contribution in [-0.4, -0.2) is 28.8 Å². The molecule has 3 heterocycles. The van der Waals surface area contributed by atoms with E-state index in [4.69, 9.17) is 9.73 Å². The van der Waals surface area contributed by atoms with Gasteiger partial charge in [-0.3, -0.25) is 0 Å². The number of aliphatic hydroxyl groups is 1. The fraction of sp³-hybridized carbons (Fsp3) is 0.190. The molecule has 26 heavy (non-hydrogen) atoms. The Morgan fingerprint density at radius 1 is 1.15 bits per heavy atom. The number of H-pyrrole nitrogens is 2. The maximum atomic E-state index is 9.88. The molecule has 1 aromatic carbocycles. The van der Waals surface area contributed by atoms with Crippen LogP contribution < -0.4 is 26.0 Å². The van der Waals surface area contributed by atoms with Crippen molar-refractivity contribution in [2.75, 3.05) is 13.7 Å². The van der Waals surface area contributed by atoms with Crippen LogP contribution in [0.4, 0.5) is 0 Å². The minimum atomic E-state index is -0.0643. The molecule has 4 rings (SSSR count). The van der Waals surface area contributed by atoms with Crippen LogP contribution >= 0.6 is 0 Å². The van der Waals surface area contributed by atoms with E-state index in [0.717, 1.165) is 49.7 Å². The van der Waals surface area contributed by atoms with E-state index >= 15 is 0 Å². The molecule has 132 valence electrons. The van der Waals surface area contributed by atoms with Crippen LogP contribution in [0.15, 0.2) is 41.4 Å². The second kappa shape index (κ2) is 6.35. The molecule has 5 nitrogen and oxygen atoms in total. The Bertz CT molecular complexity index is 1230. The first-order valence-corrected chi connectivity index (χ1v) is 8.54. The van der Waals surface area contributed by atoms with Crippen LogP contribution in [0.1, 0.15) is 17.0 Å². The molecule has 0 fully saturated rings. The molecule has 0 amide bonds. The monoisotopic (exact) mass is 347 g/mol. The number of nitrogens with one attached hydrogen (secondary N) is 2. The predicted octanol–water partition coefficient (Wildman–Crippen LogP) is 0.382. The molecule has 0 radical (unpaired) electrons. The van der Waals surface area contributed by atoms with Gasteiger partial charge in [0.15, 0.2) is 0 Å². The Labute approximate surface area is 150 Å². The molecule has 1 aliphatic heterocycles. The summed E-state index contributed by atoms with van der Waals surface area (Å²) in [6.45, 7) is 4.04. The van der Waals surface area contributed by atoms with E-state index in [2.05, 4.69) is 23.0 Å². The van der Waals surface area contributed by atoms with Gasteiger partial charge in [0, 0.05) is 28.2 Å². The zero-order chi connectivity index (χ0) is 18.3. The number of rotatable bonds is 3. The van der Waals surface area contributed by atoms with Crippen LogP contribution in [0, 0.1) is 13.8 Å². The summed E-state index contributed by atoms with van der Waals surface area (Å²) in [7, 11) is 1.65. The molecule has 0 bridgehead atoms. The van der Waals surface area contributed by atoms with Gasteiger partial charge < -0.3 is 19.8 Å². The molecule has 0 unspecified atom stereocenters. The first-order valence-electron chi connectivity index (χ1n) is 8.54. The lowest BCUT2D eigenvalue weighted by Gasteiger charge is -1.97. The number of hydrogen-bond donors (Lipinski definition) is 3. The molecule has 0 saturated carbocycles. The Balaban J connectivity index is 1.98. The Hall–Kier alpha value is -3.05. The SMILES string of the molecule is COc1c/c(=C2/N=c3ccccc3=C2CO)[nH]c1=Cc1[nH]c(C)cc1C. The Morgan fingerprint density at radius 3 is 2.65 bits per heavy atom. The normalized spacial score (nSPS) is 16.0. The number of hydrogen-bond acceptors (Lipinski definition) is 3. The number of aryl methyl sites for hydroxylation is 2. The molecule has 3 N–H and O–H groups in total. The average molecular weight is 347 g/mol. The van der Waals surface area contributed by atoms with Crippen LogP contribution in [0.3, 0.4) is 0 Å². The summed E-state index contributed by atoms with van der Waals surface area (Å²) in [5, 5.41) is 13.4. The maximum Gasteiger partial charge on any atom is 0.144 e. The van der Waals surface area contributed by atoms with Gasteiger partial charge in [-0.25, -0.2) is 4.99 Å². The van der Waals surface area contributed by atoms with E-state index in [1.165, 1.54) is 5.56 Å². The molecule has 1 aliphatic rings. The number of nitrogens with zero attached hydrogens (tertiary/aromatic N) is 1. The zero-order valence-electron chi connectivity index (χ0n) is 15.1.